The third-order valence-electron chi connectivity index (χ3n) is 2.38. The number of amides is 1. The van der Waals surface area contributed by atoms with Gasteiger partial charge >= 0.3 is 0 Å². The summed E-state index contributed by atoms with van der Waals surface area (Å²) in [5.41, 5.74) is 6.09. The molecule has 0 aliphatic rings. The largest absolute Gasteiger partial charge is 0.334 e. The van der Waals surface area contributed by atoms with E-state index < -0.39 is 0 Å². The van der Waals surface area contributed by atoms with E-state index >= 15 is 0 Å². The highest BCUT2D eigenvalue weighted by molar-refractivity contribution is 7.07. The summed E-state index contributed by atoms with van der Waals surface area (Å²) in [4.78, 5) is 21.8. The van der Waals surface area contributed by atoms with Crippen molar-refractivity contribution in [3.05, 3.63) is 40.6 Å². The molecule has 0 bridgehead atoms. The molecule has 0 saturated heterocycles. The summed E-state index contributed by atoms with van der Waals surface area (Å²) in [7, 11) is 1.71. The second-order valence-electron chi connectivity index (χ2n) is 3.72. The van der Waals surface area contributed by atoms with Gasteiger partial charge in [0.25, 0.3) is 5.91 Å². The highest BCUT2D eigenvalue weighted by Gasteiger charge is 2.14. The van der Waals surface area contributed by atoms with Crippen LogP contribution in [-0.4, -0.2) is 27.8 Å². The Bertz CT molecular complexity index is 528. The third kappa shape index (κ3) is 2.82. The van der Waals surface area contributed by atoms with Crippen LogP contribution in [-0.2, 0) is 6.54 Å². The number of hydrogen-bond donors (Lipinski definition) is 2. The molecule has 18 heavy (non-hydrogen) atoms. The molecule has 0 fully saturated rings. The number of nitrogens with zero attached hydrogens (tertiary/aromatic N) is 3. The summed E-state index contributed by atoms with van der Waals surface area (Å²) in [5, 5.41) is 1.91. The highest BCUT2D eigenvalue weighted by Crippen LogP contribution is 2.10. The van der Waals surface area contributed by atoms with Crippen molar-refractivity contribution in [2.45, 2.75) is 6.54 Å². The first-order valence-corrected chi connectivity index (χ1v) is 6.20. The molecule has 0 spiro atoms. The maximum Gasteiger partial charge on any atom is 0.272 e. The van der Waals surface area contributed by atoms with Crippen molar-refractivity contribution in [3.8, 4) is 0 Å². The van der Waals surface area contributed by atoms with Crippen LogP contribution < -0.4 is 11.3 Å². The Hall–Kier alpha value is -1.99. The first kappa shape index (κ1) is 12.5. The smallest absolute Gasteiger partial charge is 0.272 e. The number of aromatic nitrogens is 2. The van der Waals surface area contributed by atoms with E-state index in [1.807, 2.05) is 5.38 Å². The summed E-state index contributed by atoms with van der Waals surface area (Å²) in [6.45, 7) is 0.463. The van der Waals surface area contributed by atoms with Crippen LogP contribution >= 0.6 is 11.3 Å². The van der Waals surface area contributed by atoms with Gasteiger partial charge in [-0.15, -0.1) is 11.3 Å². The number of nitrogens with two attached hydrogens (primary N) is 1. The maximum absolute atomic E-state index is 12.1. The molecule has 7 heteroatoms. The fourth-order valence-electron chi connectivity index (χ4n) is 1.46. The fourth-order valence-corrected chi connectivity index (χ4v) is 2.01. The Balaban J connectivity index is 2.10. The van der Waals surface area contributed by atoms with E-state index in [0.717, 1.165) is 5.69 Å². The van der Waals surface area contributed by atoms with Crippen LogP contribution in [0.15, 0.2) is 29.2 Å². The zero-order chi connectivity index (χ0) is 13.0. The number of nitrogens with one attached hydrogen (secondary N) is 1. The molecular weight excluding hydrogens is 250 g/mol. The maximum atomic E-state index is 12.1. The van der Waals surface area contributed by atoms with Crippen LogP contribution in [0.25, 0.3) is 0 Å². The van der Waals surface area contributed by atoms with Gasteiger partial charge in [0.1, 0.15) is 5.69 Å². The van der Waals surface area contributed by atoms with E-state index in [4.69, 9.17) is 5.84 Å². The van der Waals surface area contributed by atoms with E-state index in [2.05, 4.69) is 15.4 Å². The van der Waals surface area contributed by atoms with E-state index in [0.29, 0.717) is 17.9 Å². The topological polar surface area (TPSA) is 84.1 Å². The van der Waals surface area contributed by atoms with Gasteiger partial charge < -0.3 is 10.3 Å². The number of rotatable bonds is 4. The van der Waals surface area contributed by atoms with Crippen LogP contribution in [0.3, 0.4) is 0 Å². The number of nitrogen functional groups attached to an aromatic ring is 1. The average Bonchev–Trinajstić information content (AvgIpc) is 2.90. The number of carbonyl (C=O) groups is 1. The molecule has 0 atom stereocenters. The molecule has 0 unspecified atom stereocenters. The summed E-state index contributed by atoms with van der Waals surface area (Å²) < 4.78 is 0. The van der Waals surface area contributed by atoms with Crippen LogP contribution in [0.2, 0.25) is 0 Å². The lowest BCUT2D eigenvalue weighted by molar-refractivity contribution is 0.0778. The van der Waals surface area contributed by atoms with Crippen molar-refractivity contribution in [3.63, 3.8) is 0 Å². The zero-order valence-electron chi connectivity index (χ0n) is 9.83. The molecule has 1 amide bonds. The Morgan fingerprint density at radius 3 is 3.06 bits per heavy atom. The normalized spacial score (nSPS) is 10.1. The lowest BCUT2D eigenvalue weighted by Gasteiger charge is -2.15. The molecule has 6 nitrogen and oxygen atoms in total. The molecule has 0 aliphatic heterocycles. The molecule has 2 aromatic heterocycles. The predicted octanol–water partition coefficient (Wildman–Crippen LogP) is 1.10. The molecule has 2 aromatic rings. The monoisotopic (exact) mass is 263 g/mol. The first-order valence-electron chi connectivity index (χ1n) is 5.26. The minimum atomic E-state index is -0.167. The third-order valence-corrected chi connectivity index (χ3v) is 3.01. The lowest BCUT2D eigenvalue weighted by atomic mass is 10.3. The van der Waals surface area contributed by atoms with Gasteiger partial charge in [0.15, 0.2) is 0 Å². The minimum Gasteiger partial charge on any atom is -0.334 e. The van der Waals surface area contributed by atoms with Crippen LogP contribution in [0.5, 0.6) is 0 Å². The average molecular weight is 263 g/mol. The molecule has 0 radical (unpaired) electrons. The Labute approximate surface area is 108 Å². The molecular formula is C11H13N5OS. The number of anilines is 1. The van der Waals surface area contributed by atoms with Crippen molar-refractivity contribution in [1.82, 2.24) is 14.9 Å². The summed E-state index contributed by atoms with van der Waals surface area (Å²) >= 11 is 1.50. The predicted molar refractivity (Wildman–Crippen MR) is 70.0 cm³/mol. The Kier molecular flexibility index (Phi) is 3.85. The van der Waals surface area contributed by atoms with Crippen molar-refractivity contribution >= 4 is 22.9 Å². The van der Waals surface area contributed by atoms with Crippen molar-refractivity contribution < 1.29 is 4.79 Å². The number of hydrogen-bond acceptors (Lipinski definition) is 6. The molecule has 0 saturated carbocycles. The van der Waals surface area contributed by atoms with E-state index in [1.54, 1.807) is 35.8 Å². The Morgan fingerprint density at radius 2 is 2.39 bits per heavy atom. The molecule has 2 heterocycles. The number of pyridine rings is 1. The minimum absolute atomic E-state index is 0.167. The van der Waals surface area contributed by atoms with Crippen molar-refractivity contribution in [2.24, 2.45) is 5.84 Å². The summed E-state index contributed by atoms with van der Waals surface area (Å²) in [5.74, 6) is 5.13. The number of hydrazine groups is 1. The van der Waals surface area contributed by atoms with Crippen LogP contribution in [0.4, 0.5) is 5.69 Å². The van der Waals surface area contributed by atoms with Gasteiger partial charge in [-0.25, -0.2) is 4.98 Å². The zero-order valence-corrected chi connectivity index (χ0v) is 10.6. The number of carbonyl (C=O) groups excluding carboxylic acids is 1. The number of thiazole rings is 1. The van der Waals surface area contributed by atoms with Crippen molar-refractivity contribution in [2.75, 3.05) is 12.5 Å². The van der Waals surface area contributed by atoms with Crippen molar-refractivity contribution in [1.29, 1.82) is 0 Å². The second-order valence-corrected chi connectivity index (χ2v) is 4.43. The highest BCUT2D eigenvalue weighted by atomic mass is 32.1. The van der Waals surface area contributed by atoms with E-state index in [1.165, 1.54) is 11.3 Å². The van der Waals surface area contributed by atoms with Gasteiger partial charge in [0.2, 0.25) is 0 Å². The summed E-state index contributed by atoms with van der Waals surface area (Å²) in [6, 6.07) is 3.30. The first-order chi connectivity index (χ1) is 8.70. The standard InChI is InChI=1S/C11H13N5OS/c1-16(5-9-6-18-7-14-9)11(17)10-4-8(15-12)2-3-13-10/h2-4,6-7H,5,12H2,1H3,(H,13,15). The van der Waals surface area contributed by atoms with Gasteiger partial charge in [-0.2, -0.15) is 0 Å². The summed E-state index contributed by atoms with van der Waals surface area (Å²) in [6.07, 6.45) is 1.54. The van der Waals surface area contributed by atoms with Crippen LogP contribution in [0, 0.1) is 0 Å². The van der Waals surface area contributed by atoms with Gasteiger partial charge in [0.05, 0.1) is 23.4 Å². The van der Waals surface area contributed by atoms with Gasteiger partial charge in [-0.3, -0.25) is 15.6 Å². The fraction of sp³-hybridized carbons (Fsp3) is 0.182. The molecule has 0 aromatic carbocycles. The van der Waals surface area contributed by atoms with Gasteiger partial charge in [-0.05, 0) is 12.1 Å². The Morgan fingerprint density at radius 1 is 1.56 bits per heavy atom. The molecule has 3 N–H and O–H groups in total. The quantitative estimate of drug-likeness (QED) is 0.637. The van der Waals surface area contributed by atoms with Crippen LogP contribution in [0.1, 0.15) is 16.2 Å². The molecule has 0 aliphatic carbocycles. The second kappa shape index (κ2) is 5.56. The van der Waals surface area contributed by atoms with E-state index in [-0.39, 0.29) is 5.91 Å². The SMILES string of the molecule is CN(Cc1cscn1)C(=O)c1cc(NN)ccn1. The molecule has 2 rings (SSSR count). The van der Waals surface area contributed by atoms with Gasteiger partial charge in [0, 0.05) is 18.6 Å². The lowest BCUT2D eigenvalue weighted by Crippen LogP contribution is -2.27. The molecule has 94 valence electrons. The van der Waals surface area contributed by atoms with Gasteiger partial charge in [-0.1, -0.05) is 0 Å². The van der Waals surface area contributed by atoms with E-state index in [9.17, 15) is 4.79 Å².